The van der Waals surface area contributed by atoms with Crippen LogP contribution in [0.1, 0.15) is 12.5 Å². The van der Waals surface area contributed by atoms with Crippen LogP contribution in [0.4, 0.5) is 14.5 Å². The summed E-state index contributed by atoms with van der Waals surface area (Å²) in [5.41, 5.74) is 4.14. The molecule has 0 fully saturated rings. The molecule has 0 unspecified atom stereocenters. The summed E-state index contributed by atoms with van der Waals surface area (Å²) in [4.78, 5) is 11.7. The fourth-order valence-corrected chi connectivity index (χ4v) is 4.70. The zero-order chi connectivity index (χ0) is 26.3. The van der Waals surface area contributed by atoms with E-state index in [2.05, 4.69) is 5.32 Å². The van der Waals surface area contributed by atoms with Crippen molar-refractivity contribution in [3.8, 4) is 16.8 Å². The minimum atomic E-state index is -1.01. The van der Waals surface area contributed by atoms with Crippen molar-refractivity contribution in [3.05, 3.63) is 112 Å². The van der Waals surface area contributed by atoms with Crippen LogP contribution in [0.5, 0.6) is 0 Å². The van der Waals surface area contributed by atoms with E-state index in [4.69, 9.17) is 28.6 Å². The lowest BCUT2D eigenvalue weighted by atomic mass is 10.0. The summed E-state index contributed by atoms with van der Waals surface area (Å²) < 4.78 is 31.7. The van der Waals surface area contributed by atoms with Crippen molar-refractivity contribution < 1.29 is 13.6 Å². The maximum absolute atomic E-state index is 14.3. The first-order valence-electron chi connectivity index (χ1n) is 11.3. The number of amides is 1. The second-order valence-corrected chi connectivity index (χ2v) is 9.35. The van der Waals surface area contributed by atoms with E-state index < -0.39 is 11.6 Å². The van der Waals surface area contributed by atoms with Gasteiger partial charge in [-0.3, -0.25) is 14.8 Å². The van der Waals surface area contributed by atoms with Gasteiger partial charge in [0, 0.05) is 46.0 Å². The average Bonchev–Trinajstić information content (AvgIpc) is 3.12. The van der Waals surface area contributed by atoms with Crippen LogP contribution in [0.2, 0.25) is 10.0 Å². The number of benzene rings is 4. The summed E-state index contributed by atoms with van der Waals surface area (Å²) in [6.07, 6.45) is 0. The van der Waals surface area contributed by atoms with E-state index in [1.807, 2.05) is 24.3 Å². The number of rotatable bonds is 5. The fourth-order valence-electron chi connectivity index (χ4n) is 4.33. The Morgan fingerprint density at radius 2 is 1.59 bits per heavy atom. The average molecular weight is 537 g/mol. The number of hydrogen-bond acceptors (Lipinski definition) is 2. The van der Waals surface area contributed by atoms with Crippen LogP contribution in [-0.4, -0.2) is 15.0 Å². The molecule has 1 heterocycles. The van der Waals surface area contributed by atoms with Gasteiger partial charge in [0.15, 0.2) is 11.6 Å². The highest BCUT2D eigenvalue weighted by Gasteiger charge is 2.18. The first-order chi connectivity index (χ1) is 17.7. The van der Waals surface area contributed by atoms with Crippen LogP contribution < -0.4 is 10.9 Å². The van der Waals surface area contributed by atoms with Gasteiger partial charge in [0.2, 0.25) is 11.5 Å². The molecule has 1 aromatic heterocycles. The molecule has 0 aliphatic rings. The molecule has 5 aromatic rings. The highest BCUT2D eigenvalue weighted by Crippen LogP contribution is 2.32. The molecule has 37 heavy (non-hydrogen) atoms. The predicted octanol–water partition coefficient (Wildman–Crippen LogP) is 7.17. The van der Waals surface area contributed by atoms with Gasteiger partial charge >= 0.3 is 0 Å². The van der Waals surface area contributed by atoms with Crippen molar-refractivity contribution in [2.24, 2.45) is 0 Å². The first kappa shape index (κ1) is 24.7. The zero-order valence-corrected chi connectivity index (χ0v) is 21.0. The first-order valence-corrected chi connectivity index (χ1v) is 12.0. The van der Waals surface area contributed by atoms with Gasteiger partial charge in [-0.1, -0.05) is 53.5 Å². The summed E-state index contributed by atoms with van der Waals surface area (Å²) in [5, 5.41) is 12.7. The SMILES string of the molecule is CC(=O)Nc1ccc(Cl)cc1-c1ccc(-n2c(=N)n(Cc3ccccc3Cl)c3cc(F)c(F)cc32)cc1. The van der Waals surface area contributed by atoms with Crippen molar-refractivity contribution in [2.75, 3.05) is 5.32 Å². The van der Waals surface area contributed by atoms with Crippen molar-refractivity contribution in [1.29, 1.82) is 5.41 Å². The molecule has 5 nitrogen and oxygen atoms in total. The Kier molecular flexibility index (Phi) is 6.58. The molecule has 186 valence electrons. The monoisotopic (exact) mass is 536 g/mol. The van der Waals surface area contributed by atoms with Crippen LogP contribution in [0.15, 0.2) is 78.9 Å². The van der Waals surface area contributed by atoms with Gasteiger partial charge in [0.25, 0.3) is 0 Å². The molecular weight excluding hydrogens is 517 g/mol. The van der Waals surface area contributed by atoms with Crippen molar-refractivity contribution in [1.82, 2.24) is 9.13 Å². The number of carbonyl (C=O) groups is 1. The highest BCUT2D eigenvalue weighted by atomic mass is 35.5. The third kappa shape index (κ3) is 4.75. The van der Waals surface area contributed by atoms with E-state index in [1.165, 1.54) is 6.92 Å². The Morgan fingerprint density at radius 3 is 2.27 bits per heavy atom. The quantitative estimate of drug-likeness (QED) is 0.245. The lowest BCUT2D eigenvalue weighted by molar-refractivity contribution is -0.114. The summed E-state index contributed by atoms with van der Waals surface area (Å²) in [5.74, 6) is -2.22. The maximum Gasteiger partial charge on any atom is 0.221 e. The van der Waals surface area contributed by atoms with Crippen molar-refractivity contribution in [3.63, 3.8) is 0 Å². The van der Waals surface area contributed by atoms with Crippen LogP contribution >= 0.6 is 23.2 Å². The topological polar surface area (TPSA) is 62.8 Å². The van der Waals surface area contributed by atoms with Gasteiger partial charge in [0.05, 0.1) is 17.6 Å². The van der Waals surface area contributed by atoms with E-state index in [1.54, 1.807) is 51.6 Å². The van der Waals surface area contributed by atoms with Crippen LogP contribution in [-0.2, 0) is 11.3 Å². The van der Waals surface area contributed by atoms with E-state index in [-0.39, 0.29) is 18.1 Å². The van der Waals surface area contributed by atoms with Gasteiger partial charge in [-0.2, -0.15) is 0 Å². The molecule has 1 amide bonds. The molecule has 4 aromatic carbocycles. The van der Waals surface area contributed by atoms with Gasteiger partial charge in [-0.15, -0.1) is 0 Å². The van der Waals surface area contributed by atoms with Crippen LogP contribution in [0, 0.1) is 17.0 Å². The van der Waals surface area contributed by atoms with Crippen LogP contribution in [0.25, 0.3) is 27.8 Å². The van der Waals surface area contributed by atoms with Gasteiger partial charge in [-0.05, 0) is 47.5 Å². The standard InChI is InChI=1S/C28H20Cl2F2N4O/c1-16(37)34-25-11-8-19(29)12-21(25)17-6-9-20(10-7-17)36-27-14-24(32)23(31)13-26(27)35(28(36)33)15-18-4-2-3-5-22(18)30/h2-14,33H,15H2,1H3,(H,34,37). The lowest BCUT2D eigenvalue weighted by Gasteiger charge is -2.12. The Morgan fingerprint density at radius 1 is 0.919 bits per heavy atom. The number of aromatic nitrogens is 2. The summed E-state index contributed by atoms with van der Waals surface area (Å²) in [6, 6.07) is 21.7. The minimum Gasteiger partial charge on any atom is -0.326 e. The summed E-state index contributed by atoms with van der Waals surface area (Å²) >= 11 is 12.5. The molecule has 9 heteroatoms. The summed E-state index contributed by atoms with van der Waals surface area (Å²) in [7, 11) is 0. The number of hydrogen-bond donors (Lipinski definition) is 2. The third-order valence-corrected chi connectivity index (χ3v) is 6.64. The molecule has 2 N–H and O–H groups in total. The zero-order valence-electron chi connectivity index (χ0n) is 19.5. The van der Waals surface area contributed by atoms with Gasteiger partial charge in [0.1, 0.15) is 0 Å². The maximum atomic E-state index is 14.3. The third-order valence-electron chi connectivity index (χ3n) is 6.03. The van der Waals surface area contributed by atoms with Gasteiger partial charge in [-0.25, -0.2) is 8.78 Å². The normalized spacial score (nSPS) is 11.2. The second-order valence-electron chi connectivity index (χ2n) is 8.51. The molecule has 0 radical (unpaired) electrons. The van der Waals surface area contributed by atoms with Gasteiger partial charge < -0.3 is 9.88 Å². The number of nitrogens with zero attached hydrogens (tertiary/aromatic N) is 2. The number of halogens is 4. The largest absolute Gasteiger partial charge is 0.326 e. The lowest BCUT2D eigenvalue weighted by Crippen LogP contribution is -2.24. The summed E-state index contributed by atoms with van der Waals surface area (Å²) in [6.45, 7) is 1.63. The Balaban J connectivity index is 1.64. The number of carbonyl (C=O) groups excluding carboxylic acids is 1. The molecule has 0 spiro atoms. The van der Waals surface area contributed by atoms with E-state index in [9.17, 15) is 13.6 Å². The molecule has 0 aliphatic heterocycles. The molecular formula is C28H20Cl2F2N4O. The van der Waals surface area contributed by atoms with Crippen molar-refractivity contribution in [2.45, 2.75) is 13.5 Å². The molecule has 0 bridgehead atoms. The van der Waals surface area contributed by atoms with Crippen molar-refractivity contribution >= 4 is 45.8 Å². The Hall–Kier alpha value is -3.94. The van der Waals surface area contributed by atoms with E-state index >= 15 is 0 Å². The molecule has 0 aliphatic carbocycles. The van der Waals surface area contributed by atoms with Crippen LogP contribution in [0.3, 0.4) is 0 Å². The predicted molar refractivity (Wildman–Crippen MR) is 142 cm³/mol. The number of nitrogens with one attached hydrogen (secondary N) is 2. The molecule has 5 rings (SSSR count). The number of imidazole rings is 1. The fraction of sp³-hybridized carbons (Fsp3) is 0.0714. The Labute approximate surface area is 221 Å². The van der Waals surface area contributed by atoms with E-state index in [0.717, 1.165) is 28.8 Å². The number of anilines is 1. The second kappa shape index (κ2) is 9.84. The smallest absolute Gasteiger partial charge is 0.221 e. The van der Waals surface area contributed by atoms with E-state index in [0.29, 0.717) is 32.5 Å². The number of fused-ring (bicyclic) bond motifs is 1. The molecule has 0 atom stereocenters. The Bertz CT molecular complexity index is 1730. The minimum absolute atomic E-state index is 0.0226. The molecule has 0 saturated heterocycles. The molecule has 0 saturated carbocycles. The highest BCUT2D eigenvalue weighted by molar-refractivity contribution is 6.31.